The Morgan fingerprint density at radius 2 is 1.50 bits per heavy atom. The topological polar surface area (TPSA) is 133 Å². The first-order valence-corrected chi connectivity index (χ1v) is 16.7. The number of pyridine rings is 2. The Balaban J connectivity index is 0.000000570. The van der Waals surface area contributed by atoms with Crippen LogP contribution < -0.4 is 39.4 Å². The summed E-state index contributed by atoms with van der Waals surface area (Å²) in [6.45, 7) is 3.94. The van der Waals surface area contributed by atoms with Gasteiger partial charge in [-0.25, -0.2) is 9.59 Å². The van der Waals surface area contributed by atoms with E-state index in [1.807, 2.05) is 19.9 Å². The minimum absolute atomic E-state index is 0. The molecule has 0 N–H and O–H groups in total. The summed E-state index contributed by atoms with van der Waals surface area (Å²) < 4.78 is 22.1. The van der Waals surface area contributed by atoms with Crippen molar-refractivity contribution in [3.05, 3.63) is 61.2 Å². The molecule has 4 heterocycles. The molecule has 17 heteroatoms. The molecule has 4 rings (SSSR count). The number of aromatic nitrogens is 2. The van der Waals surface area contributed by atoms with Gasteiger partial charge in [0.1, 0.15) is 10.3 Å². The van der Waals surface area contributed by atoms with Crippen molar-refractivity contribution in [2.24, 2.45) is 0 Å². The van der Waals surface area contributed by atoms with Crippen LogP contribution in [0, 0.1) is 19.1 Å². The van der Waals surface area contributed by atoms with Crippen LogP contribution in [0.2, 0.25) is 0 Å². The molecule has 0 unspecified atom stereocenters. The van der Waals surface area contributed by atoms with E-state index in [1.54, 1.807) is 16.8 Å². The molecule has 38 heavy (non-hydrogen) atoms. The standard InChI is InChI=1S/C11H11NO2S.C9H6BrNO3S.CH3O.Cl3OP.Na/c1-6-4-7(2)12-9-8(11(13)14-3)5-15-10(6)9;1-14-9(12)5-4-15-8-6(10)2-3-11(13)7(5)8;1-2;1-5(2,3)4;/h4-5H,1-3H3;2-4H,1H3;1H3;;/q;;-1;;+1. The van der Waals surface area contributed by atoms with Crippen LogP contribution in [0.25, 0.3) is 20.4 Å². The summed E-state index contributed by atoms with van der Waals surface area (Å²) in [5.74, 6) is -0.817. The Morgan fingerprint density at radius 3 is 2.03 bits per heavy atom. The van der Waals surface area contributed by atoms with E-state index in [1.165, 1.54) is 43.1 Å². The number of methoxy groups -OCH3 is 2. The number of fused-ring (bicyclic) bond motifs is 2. The molecule has 4 aromatic rings. The van der Waals surface area contributed by atoms with Crippen molar-refractivity contribution in [3.8, 4) is 0 Å². The molecule has 0 fully saturated rings. The maximum atomic E-state index is 11.5. The number of nitrogens with zero attached hydrogens (tertiary/aromatic N) is 2. The Bertz CT molecular complexity index is 1440. The predicted molar refractivity (Wildman–Crippen MR) is 151 cm³/mol. The normalized spacial score (nSPS) is 10.1. The van der Waals surface area contributed by atoms with Crippen molar-refractivity contribution in [1.29, 1.82) is 0 Å². The molecule has 202 valence electrons. The number of hydrogen-bond acceptors (Lipinski definition) is 10. The van der Waals surface area contributed by atoms with E-state index in [-0.39, 0.29) is 35.5 Å². The Labute approximate surface area is 271 Å². The molecule has 0 amide bonds. The molecule has 0 spiro atoms. The van der Waals surface area contributed by atoms with Gasteiger partial charge in [0.2, 0.25) is 0 Å². The van der Waals surface area contributed by atoms with Gasteiger partial charge in [-0.1, -0.05) is 0 Å². The second kappa shape index (κ2) is 17.3. The average molecular weight is 717 g/mol. The molecule has 0 aromatic carbocycles. The largest absolute Gasteiger partial charge is 1.00 e. The third-order valence-electron chi connectivity index (χ3n) is 4.21. The van der Waals surface area contributed by atoms with Gasteiger partial charge in [0, 0.05) is 27.0 Å². The molecule has 0 saturated heterocycles. The van der Waals surface area contributed by atoms with Crippen LogP contribution in [0.15, 0.2) is 33.6 Å². The van der Waals surface area contributed by atoms with E-state index in [4.69, 9.17) is 9.84 Å². The summed E-state index contributed by atoms with van der Waals surface area (Å²) in [7, 11) is 3.42. The fraction of sp³-hybridized carbons (Fsp3) is 0.238. The number of ether oxygens (including phenoxy) is 2. The van der Waals surface area contributed by atoms with E-state index < -0.39 is 11.2 Å². The zero-order valence-electron chi connectivity index (χ0n) is 20.9. The molecule has 0 aliphatic rings. The monoisotopic (exact) mass is 714 g/mol. The van der Waals surface area contributed by atoms with Crippen molar-refractivity contribution in [2.45, 2.75) is 13.8 Å². The van der Waals surface area contributed by atoms with E-state index in [0.717, 1.165) is 37.8 Å². The van der Waals surface area contributed by atoms with Gasteiger partial charge in [-0.2, -0.15) is 11.8 Å². The molecular weight excluding hydrogens is 697 g/mol. The SMILES string of the molecule is COC(=O)c1csc2c(Br)cc[n+]([O-])c12.COC(=O)c1csc2c(C)cc(C)nc12.C[O-].O=P(Cl)(Cl)Cl.[Na+]. The number of carbonyl (C=O) groups excluding carboxylic acids is 2. The predicted octanol–water partition coefficient (Wildman–Crippen LogP) is 3.57. The second-order valence-electron chi connectivity index (χ2n) is 6.61. The van der Waals surface area contributed by atoms with Crippen LogP contribution in [0.5, 0.6) is 0 Å². The second-order valence-corrected chi connectivity index (χ2v) is 15.9. The molecule has 9 nitrogen and oxygen atoms in total. The van der Waals surface area contributed by atoms with Crippen LogP contribution in [0.1, 0.15) is 32.0 Å². The molecule has 0 radical (unpaired) electrons. The number of halogens is 4. The summed E-state index contributed by atoms with van der Waals surface area (Å²) in [5, 5.41) is 20.0. The van der Waals surface area contributed by atoms with Gasteiger partial charge in [0.05, 0.1) is 30.0 Å². The number of rotatable bonds is 2. The summed E-state index contributed by atoms with van der Waals surface area (Å²) in [5.41, 5.74) is 4.03. The number of carbonyl (C=O) groups is 2. The third-order valence-corrected chi connectivity index (χ3v) is 7.24. The number of esters is 2. The van der Waals surface area contributed by atoms with Crippen LogP contribution in [-0.4, -0.2) is 38.3 Å². The van der Waals surface area contributed by atoms with Gasteiger partial charge in [-0.15, -0.1) is 22.7 Å². The Hall–Kier alpha value is -0.500. The van der Waals surface area contributed by atoms with Crippen molar-refractivity contribution < 1.29 is 63.0 Å². The first-order chi connectivity index (χ1) is 17.3. The van der Waals surface area contributed by atoms with Crippen LogP contribution in [0.3, 0.4) is 0 Å². The Kier molecular flexibility index (Phi) is 17.1. The first kappa shape index (κ1) is 37.5. The van der Waals surface area contributed by atoms with Crippen molar-refractivity contribution >= 4 is 110 Å². The summed E-state index contributed by atoms with van der Waals surface area (Å²) in [6, 6.07) is 3.66. The van der Waals surface area contributed by atoms with Crippen molar-refractivity contribution in [3.63, 3.8) is 0 Å². The number of hydrogen-bond donors (Lipinski definition) is 0. The van der Waals surface area contributed by atoms with Gasteiger partial charge in [0.15, 0.2) is 6.20 Å². The zero-order valence-corrected chi connectivity index (χ0v) is 29.3. The van der Waals surface area contributed by atoms with Gasteiger partial charge >= 0.3 is 46.7 Å². The number of aryl methyl sites for hydroxylation is 2. The molecule has 0 bridgehead atoms. The van der Waals surface area contributed by atoms with Gasteiger partial charge in [-0.3, -0.25) is 9.55 Å². The molecule has 4 aromatic heterocycles. The smallest absolute Gasteiger partial charge is 0.857 e. The van der Waals surface area contributed by atoms with Gasteiger partial charge in [0.25, 0.3) is 5.52 Å². The molecule has 0 atom stereocenters. The van der Waals surface area contributed by atoms with Crippen LogP contribution >= 0.6 is 77.5 Å². The molecule has 0 saturated carbocycles. The summed E-state index contributed by atoms with van der Waals surface area (Å²) in [6.07, 6.45) is 1.35. The fourth-order valence-electron chi connectivity index (χ4n) is 2.86. The molecule has 0 aliphatic heterocycles. The summed E-state index contributed by atoms with van der Waals surface area (Å²) >= 11 is 20.0. The first-order valence-electron chi connectivity index (χ1n) is 9.69. The van der Waals surface area contributed by atoms with Gasteiger partial charge < -0.3 is 19.8 Å². The maximum Gasteiger partial charge on any atom is 1.00 e. The minimum atomic E-state index is -3.22. The Morgan fingerprint density at radius 1 is 1.03 bits per heavy atom. The van der Waals surface area contributed by atoms with Crippen LogP contribution in [0.4, 0.5) is 0 Å². The average Bonchev–Trinajstić information content (AvgIpc) is 3.47. The minimum Gasteiger partial charge on any atom is -0.857 e. The van der Waals surface area contributed by atoms with Crippen LogP contribution in [-0.2, 0) is 14.0 Å². The zero-order chi connectivity index (χ0) is 28.5. The quantitative estimate of drug-likeness (QED) is 0.101. The fourth-order valence-corrected chi connectivity index (χ4v) is 5.34. The third kappa shape index (κ3) is 10.8. The van der Waals surface area contributed by atoms with E-state index >= 15 is 0 Å². The van der Waals surface area contributed by atoms with Gasteiger partial charge in [-0.05, 0) is 75.1 Å². The molecule has 0 aliphatic carbocycles. The van der Waals surface area contributed by atoms with Crippen molar-refractivity contribution in [1.82, 2.24) is 4.98 Å². The molecular formula is C21H20BrCl3N2NaO7PS2. The van der Waals surface area contributed by atoms with Crippen molar-refractivity contribution in [2.75, 3.05) is 21.3 Å². The maximum absolute atomic E-state index is 11.5. The summed E-state index contributed by atoms with van der Waals surface area (Å²) in [4.78, 5) is 27.2. The van der Waals surface area contributed by atoms with E-state index in [9.17, 15) is 19.4 Å². The number of thiophene rings is 2. The van der Waals surface area contributed by atoms with E-state index in [0.29, 0.717) is 21.4 Å². The van der Waals surface area contributed by atoms with E-state index in [2.05, 4.69) is 59.4 Å².